The van der Waals surface area contributed by atoms with Gasteiger partial charge in [-0.1, -0.05) is 57.9 Å². The molecule has 6 nitrogen and oxygen atoms in total. The summed E-state index contributed by atoms with van der Waals surface area (Å²) in [6, 6.07) is 10.6. The quantitative estimate of drug-likeness (QED) is 0.279. The molecule has 2 atom stereocenters. The Kier molecular flexibility index (Phi) is 5.17. The molecule has 3 aliphatic rings. The van der Waals surface area contributed by atoms with Gasteiger partial charge in [-0.3, -0.25) is 0 Å². The maximum absolute atomic E-state index is 11.3. The summed E-state index contributed by atoms with van der Waals surface area (Å²) in [4.78, 5) is 18.4. The van der Waals surface area contributed by atoms with Gasteiger partial charge in [0.2, 0.25) is 0 Å². The Bertz CT molecular complexity index is 1520. The number of fused-ring (bicyclic) bond motifs is 2. The van der Waals surface area contributed by atoms with Crippen LogP contribution in [-0.4, -0.2) is 34.3 Å². The van der Waals surface area contributed by atoms with Crippen molar-refractivity contribution in [3.05, 3.63) is 69.4 Å². The SMILES string of the molecule is O=C(O)c1ccc2nc(N3CC4C(C=Cc5c(-c6c(Cl)cccc6Cl)noc5C5CC5)C4C3)sc2c1. The number of benzene rings is 2. The van der Waals surface area contributed by atoms with Crippen molar-refractivity contribution in [2.24, 2.45) is 17.8 Å². The van der Waals surface area contributed by atoms with Gasteiger partial charge in [0.25, 0.3) is 0 Å². The largest absolute Gasteiger partial charge is 0.478 e. The summed E-state index contributed by atoms with van der Waals surface area (Å²) in [5.41, 5.74) is 3.58. The first kappa shape index (κ1) is 22.3. The van der Waals surface area contributed by atoms with Crippen molar-refractivity contribution < 1.29 is 14.4 Å². The third-order valence-corrected chi connectivity index (χ3v) is 9.25. The minimum atomic E-state index is -0.915. The van der Waals surface area contributed by atoms with Crippen molar-refractivity contribution in [3.8, 4) is 11.3 Å². The molecular formula is C27H21Cl2N3O3S. The number of hydrogen-bond acceptors (Lipinski definition) is 6. The highest BCUT2D eigenvalue weighted by Gasteiger charge is 2.54. The van der Waals surface area contributed by atoms with E-state index in [2.05, 4.69) is 22.2 Å². The Morgan fingerprint density at radius 3 is 2.58 bits per heavy atom. The van der Waals surface area contributed by atoms with Gasteiger partial charge in [-0.25, -0.2) is 9.78 Å². The van der Waals surface area contributed by atoms with E-state index in [-0.39, 0.29) is 0 Å². The third-order valence-electron chi connectivity index (χ3n) is 7.54. The molecule has 0 bridgehead atoms. The topological polar surface area (TPSA) is 79.5 Å². The minimum Gasteiger partial charge on any atom is -0.478 e. The maximum Gasteiger partial charge on any atom is 0.335 e. The van der Waals surface area contributed by atoms with E-state index in [1.165, 1.54) is 0 Å². The maximum atomic E-state index is 11.3. The molecule has 1 N–H and O–H groups in total. The predicted octanol–water partition coefficient (Wildman–Crippen LogP) is 7.23. The summed E-state index contributed by atoms with van der Waals surface area (Å²) in [6.07, 6.45) is 6.70. The fourth-order valence-electron chi connectivity index (χ4n) is 5.42. The van der Waals surface area contributed by atoms with Gasteiger partial charge in [0.15, 0.2) is 5.13 Å². The summed E-state index contributed by atoms with van der Waals surface area (Å²) in [5.74, 6) is 2.10. The van der Waals surface area contributed by atoms with E-state index in [1.807, 2.05) is 18.2 Å². The zero-order valence-electron chi connectivity index (χ0n) is 19.0. The molecule has 7 rings (SSSR count). The molecular weight excluding hydrogens is 517 g/mol. The lowest BCUT2D eigenvalue weighted by atomic mass is 10.0. The molecule has 9 heteroatoms. The Labute approximate surface area is 221 Å². The zero-order chi connectivity index (χ0) is 24.6. The Morgan fingerprint density at radius 1 is 1.14 bits per heavy atom. The van der Waals surface area contributed by atoms with Gasteiger partial charge in [0.1, 0.15) is 11.5 Å². The normalized spacial score (nSPS) is 23.1. The molecule has 1 aliphatic heterocycles. The van der Waals surface area contributed by atoms with Crippen molar-refractivity contribution in [2.45, 2.75) is 18.8 Å². The fourth-order valence-corrected chi connectivity index (χ4v) is 7.02. The lowest BCUT2D eigenvalue weighted by molar-refractivity contribution is 0.0697. The summed E-state index contributed by atoms with van der Waals surface area (Å²) in [5, 5.41) is 15.7. The van der Waals surface area contributed by atoms with Crippen LogP contribution in [0, 0.1) is 17.8 Å². The Balaban J connectivity index is 1.10. The van der Waals surface area contributed by atoms with Gasteiger partial charge in [-0.05, 0) is 60.9 Å². The summed E-state index contributed by atoms with van der Waals surface area (Å²) in [6.45, 7) is 1.90. The highest BCUT2D eigenvalue weighted by atomic mass is 35.5. The third kappa shape index (κ3) is 3.72. The van der Waals surface area contributed by atoms with Crippen LogP contribution in [0.25, 0.3) is 27.6 Å². The van der Waals surface area contributed by atoms with Crippen LogP contribution >= 0.6 is 34.5 Å². The molecule has 182 valence electrons. The molecule has 4 aromatic rings. The van der Waals surface area contributed by atoms with E-state index >= 15 is 0 Å². The van der Waals surface area contributed by atoms with E-state index in [4.69, 9.17) is 32.7 Å². The number of carboxylic acids is 1. The number of piperidine rings is 1. The molecule has 2 aromatic carbocycles. The number of aromatic carboxylic acids is 1. The van der Waals surface area contributed by atoms with E-state index < -0.39 is 5.97 Å². The van der Waals surface area contributed by atoms with Gasteiger partial charge in [0, 0.05) is 30.1 Å². The van der Waals surface area contributed by atoms with Crippen LogP contribution in [0.4, 0.5) is 5.13 Å². The van der Waals surface area contributed by atoms with Crippen LogP contribution in [0.1, 0.15) is 40.4 Å². The molecule has 2 unspecified atom stereocenters. The van der Waals surface area contributed by atoms with E-state index in [0.717, 1.165) is 58.2 Å². The molecule has 36 heavy (non-hydrogen) atoms. The van der Waals surface area contributed by atoms with Gasteiger partial charge in [-0.2, -0.15) is 0 Å². The standard InChI is InChI=1S/C27H21Cl2N3O3S/c28-19-2-1-3-20(29)23(19)24-16(25(35-31-24)13-4-5-13)8-7-15-17-11-32(12-18(15)17)27-30-21-9-6-14(26(33)34)10-22(21)36-27/h1-3,6-10,13,15,17-18H,4-5,11-12H2,(H,33,34). The Morgan fingerprint density at radius 2 is 1.89 bits per heavy atom. The first-order chi connectivity index (χ1) is 17.5. The van der Waals surface area contributed by atoms with Crippen molar-refractivity contribution >= 4 is 61.9 Å². The molecule has 1 saturated heterocycles. The summed E-state index contributed by atoms with van der Waals surface area (Å²) in [7, 11) is 0. The molecule has 0 amide bonds. The van der Waals surface area contributed by atoms with Crippen LogP contribution in [0.15, 0.2) is 47.0 Å². The number of carboxylic acid groups (broad SMARTS) is 1. The van der Waals surface area contributed by atoms with Crippen molar-refractivity contribution in [1.29, 1.82) is 0 Å². The van der Waals surface area contributed by atoms with Crippen LogP contribution in [0.5, 0.6) is 0 Å². The number of anilines is 1. The molecule has 2 aliphatic carbocycles. The van der Waals surface area contributed by atoms with E-state index in [9.17, 15) is 9.90 Å². The minimum absolute atomic E-state index is 0.295. The second-order valence-electron chi connectivity index (χ2n) is 9.83. The number of aromatic nitrogens is 2. The number of rotatable bonds is 6. The monoisotopic (exact) mass is 537 g/mol. The fraction of sp³-hybridized carbons (Fsp3) is 0.296. The molecule has 0 spiro atoms. The molecule has 2 saturated carbocycles. The van der Waals surface area contributed by atoms with Crippen molar-refractivity contribution in [2.75, 3.05) is 18.0 Å². The molecule has 3 fully saturated rings. The lowest BCUT2D eigenvalue weighted by Gasteiger charge is -2.17. The number of nitrogens with zero attached hydrogens (tertiary/aromatic N) is 3. The van der Waals surface area contributed by atoms with Crippen LogP contribution in [0.3, 0.4) is 0 Å². The van der Waals surface area contributed by atoms with Crippen LogP contribution in [-0.2, 0) is 0 Å². The second-order valence-corrected chi connectivity index (χ2v) is 11.7. The number of thiazole rings is 1. The number of hydrogen-bond donors (Lipinski definition) is 1. The number of allylic oxidation sites excluding steroid dienone is 1. The average Bonchev–Trinajstić information content (AvgIpc) is 3.62. The summed E-state index contributed by atoms with van der Waals surface area (Å²) >= 11 is 14.5. The first-order valence-electron chi connectivity index (χ1n) is 12.0. The first-order valence-corrected chi connectivity index (χ1v) is 13.6. The Hall–Kier alpha value is -2.87. The lowest BCUT2D eigenvalue weighted by Crippen LogP contribution is -2.23. The van der Waals surface area contributed by atoms with Crippen LogP contribution < -0.4 is 4.90 Å². The highest BCUT2D eigenvalue weighted by Crippen LogP contribution is 2.54. The summed E-state index contributed by atoms with van der Waals surface area (Å²) < 4.78 is 6.70. The van der Waals surface area contributed by atoms with Crippen LogP contribution in [0.2, 0.25) is 10.0 Å². The second kappa shape index (κ2) is 8.33. The van der Waals surface area contributed by atoms with Gasteiger partial charge in [-0.15, -0.1) is 0 Å². The van der Waals surface area contributed by atoms with Crippen molar-refractivity contribution in [1.82, 2.24) is 10.1 Å². The smallest absolute Gasteiger partial charge is 0.335 e. The van der Waals surface area contributed by atoms with E-state index in [1.54, 1.807) is 29.5 Å². The number of carbonyl (C=O) groups is 1. The molecule has 2 aromatic heterocycles. The molecule has 3 heterocycles. The van der Waals surface area contributed by atoms with E-state index in [0.29, 0.717) is 45.0 Å². The number of halogens is 2. The predicted molar refractivity (Wildman–Crippen MR) is 142 cm³/mol. The van der Waals surface area contributed by atoms with Crippen molar-refractivity contribution in [3.63, 3.8) is 0 Å². The van der Waals surface area contributed by atoms with Gasteiger partial charge in [0.05, 0.1) is 25.8 Å². The zero-order valence-corrected chi connectivity index (χ0v) is 21.4. The average molecular weight is 538 g/mol. The van der Waals surface area contributed by atoms with Gasteiger partial charge < -0.3 is 14.5 Å². The van der Waals surface area contributed by atoms with Gasteiger partial charge >= 0.3 is 5.97 Å². The highest BCUT2D eigenvalue weighted by molar-refractivity contribution is 7.22. The molecule has 0 radical (unpaired) electrons.